The van der Waals surface area contributed by atoms with E-state index < -0.39 is 8.07 Å². The van der Waals surface area contributed by atoms with E-state index in [1.54, 1.807) is 0 Å². The molecule has 1 rings (SSSR count). The fraction of sp³-hybridized carbons (Fsp3) is 0.818. The minimum absolute atomic E-state index is 0.719. The van der Waals surface area contributed by atoms with Gasteiger partial charge in [-0.3, -0.25) is 0 Å². The molecule has 0 heterocycles. The van der Waals surface area contributed by atoms with E-state index >= 15 is 0 Å². The molecule has 0 amide bonds. The van der Waals surface area contributed by atoms with Gasteiger partial charge in [-0.2, -0.15) is 0 Å². The third-order valence-corrected chi connectivity index (χ3v) is 3.39. The third-order valence-electron chi connectivity index (χ3n) is 2.49. The first-order chi connectivity index (χ1) is 5.49. The summed E-state index contributed by atoms with van der Waals surface area (Å²) < 4.78 is 0. The summed E-state index contributed by atoms with van der Waals surface area (Å²) in [5.41, 5.74) is 3.48. The van der Waals surface area contributed by atoms with Crippen molar-refractivity contribution in [3.63, 3.8) is 0 Å². The second kappa shape index (κ2) is 3.66. The quantitative estimate of drug-likeness (QED) is 0.396. The average Bonchev–Trinajstić information content (AvgIpc) is 2.29. The normalized spacial score (nSPS) is 29.7. The predicted molar refractivity (Wildman–Crippen MR) is 57.6 cm³/mol. The van der Waals surface area contributed by atoms with Crippen molar-refractivity contribution in [2.45, 2.75) is 45.8 Å². The highest BCUT2D eigenvalue weighted by Crippen LogP contribution is 2.30. The van der Waals surface area contributed by atoms with Crippen molar-refractivity contribution in [1.82, 2.24) is 0 Å². The molecule has 0 aliphatic heterocycles. The maximum atomic E-state index is 3.48. The summed E-state index contributed by atoms with van der Waals surface area (Å²) in [7, 11) is -1.12. The van der Waals surface area contributed by atoms with Gasteiger partial charge in [-0.1, -0.05) is 33.0 Å². The van der Waals surface area contributed by atoms with Crippen molar-refractivity contribution in [1.29, 1.82) is 0 Å². The summed E-state index contributed by atoms with van der Waals surface area (Å²) in [6, 6.07) is 0. The van der Waals surface area contributed by atoms with E-state index in [2.05, 4.69) is 38.0 Å². The van der Waals surface area contributed by atoms with Crippen molar-refractivity contribution in [2.75, 3.05) is 0 Å². The minimum atomic E-state index is -1.12. The van der Waals surface area contributed by atoms with E-state index in [0.717, 1.165) is 11.8 Å². The largest absolute Gasteiger partial charge is 0.132 e. The minimum Gasteiger partial charge on any atom is -0.132 e. The highest BCUT2D eigenvalue weighted by atomic mass is 28.3. The molecule has 0 bridgehead atoms. The molecule has 12 heavy (non-hydrogen) atoms. The van der Waals surface area contributed by atoms with E-state index in [4.69, 9.17) is 0 Å². The van der Waals surface area contributed by atoms with Crippen molar-refractivity contribution >= 4 is 8.07 Å². The molecule has 1 fully saturated rings. The van der Waals surface area contributed by atoms with Crippen LogP contribution in [0.15, 0.2) is 0 Å². The highest BCUT2D eigenvalue weighted by molar-refractivity contribution is 6.83. The van der Waals surface area contributed by atoms with Gasteiger partial charge < -0.3 is 0 Å². The van der Waals surface area contributed by atoms with Gasteiger partial charge in [0, 0.05) is 5.92 Å². The summed E-state index contributed by atoms with van der Waals surface area (Å²) in [5, 5.41) is 0. The molecule has 0 nitrogen and oxygen atoms in total. The van der Waals surface area contributed by atoms with Crippen molar-refractivity contribution in [3.05, 3.63) is 0 Å². The molecule has 0 spiro atoms. The SMILES string of the molecule is C[C@@H]1CCC[C@@H]1C#C[Si](C)(C)C. The molecule has 0 aromatic rings. The molecule has 0 N–H and O–H groups in total. The Kier molecular flexibility index (Phi) is 3.01. The molecular formula is C11H20Si. The van der Waals surface area contributed by atoms with Gasteiger partial charge in [-0.05, 0) is 18.8 Å². The van der Waals surface area contributed by atoms with Crippen LogP contribution < -0.4 is 0 Å². The molecular weight excluding hydrogens is 160 g/mol. The lowest BCUT2D eigenvalue weighted by Crippen LogP contribution is -2.17. The topological polar surface area (TPSA) is 0 Å². The highest BCUT2D eigenvalue weighted by Gasteiger charge is 2.21. The van der Waals surface area contributed by atoms with Crippen LogP contribution in [0.1, 0.15) is 26.2 Å². The fourth-order valence-corrected chi connectivity index (χ4v) is 2.29. The molecule has 0 aromatic carbocycles. The zero-order chi connectivity index (χ0) is 9.19. The molecule has 1 saturated carbocycles. The lowest BCUT2D eigenvalue weighted by Gasteiger charge is -2.09. The number of hydrogen-bond donors (Lipinski definition) is 0. The van der Waals surface area contributed by atoms with Gasteiger partial charge in [0.2, 0.25) is 0 Å². The molecule has 0 unspecified atom stereocenters. The van der Waals surface area contributed by atoms with Gasteiger partial charge >= 0.3 is 0 Å². The zero-order valence-electron chi connectivity index (χ0n) is 8.78. The Balaban J connectivity index is 2.53. The Hall–Kier alpha value is -0.223. The Bertz CT molecular complexity index is 201. The summed E-state index contributed by atoms with van der Waals surface area (Å²) in [5.74, 6) is 5.06. The average molecular weight is 180 g/mol. The molecule has 1 heteroatoms. The lowest BCUT2D eigenvalue weighted by atomic mass is 10.00. The third kappa shape index (κ3) is 3.03. The molecule has 0 aromatic heterocycles. The molecule has 0 saturated heterocycles. The summed E-state index contributed by atoms with van der Waals surface area (Å²) in [4.78, 5) is 0. The molecule has 68 valence electrons. The predicted octanol–water partition coefficient (Wildman–Crippen LogP) is 3.30. The Morgan fingerprint density at radius 2 is 1.83 bits per heavy atom. The lowest BCUT2D eigenvalue weighted by molar-refractivity contribution is 0.519. The van der Waals surface area contributed by atoms with Crippen LogP contribution in [0.2, 0.25) is 19.6 Å². The first-order valence-corrected chi connectivity index (χ1v) is 8.52. The van der Waals surface area contributed by atoms with E-state index in [9.17, 15) is 0 Å². The van der Waals surface area contributed by atoms with Crippen LogP contribution in [0.5, 0.6) is 0 Å². The molecule has 2 atom stereocenters. The second-order valence-corrected chi connectivity index (χ2v) is 9.78. The monoisotopic (exact) mass is 180 g/mol. The van der Waals surface area contributed by atoms with Gasteiger partial charge in [-0.15, -0.1) is 11.5 Å². The fourth-order valence-electron chi connectivity index (χ4n) is 1.67. The number of rotatable bonds is 0. The Labute approximate surface area is 77.8 Å². The van der Waals surface area contributed by atoms with Gasteiger partial charge in [0.15, 0.2) is 0 Å². The second-order valence-electron chi connectivity index (χ2n) is 5.03. The van der Waals surface area contributed by atoms with Crippen LogP contribution in [0, 0.1) is 23.3 Å². The zero-order valence-corrected chi connectivity index (χ0v) is 9.78. The standard InChI is InChI=1S/C11H20Si/c1-10-6-5-7-11(10)8-9-12(2,3)4/h10-11H,5-7H2,1-4H3/t10-,11-/m1/s1. The van der Waals surface area contributed by atoms with Gasteiger partial charge in [0.25, 0.3) is 0 Å². The van der Waals surface area contributed by atoms with Crippen LogP contribution in [0.25, 0.3) is 0 Å². The van der Waals surface area contributed by atoms with Crippen molar-refractivity contribution in [2.24, 2.45) is 11.8 Å². The van der Waals surface area contributed by atoms with E-state index in [-0.39, 0.29) is 0 Å². The van der Waals surface area contributed by atoms with Gasteiger partial charge in [0.1, 0.15) is 8.07 Å². The molecule has 1 aliphatic carbocycles. The first-order valence-electron chi connectivity index (χ1n) is 5.02. The van der Waals surface area contributed by atoms with Crippen LogP contribution in [-0.2, 0) is 0 Å². The number of hydrogen-bond acceptors (Lipinski definition) is 0. The van der Waals surface area contributed by atoms with Crippen LogP contribution in [-0.4, -0.2) is 8.07 Å². The maximum Gasteiger partial charge on any atom is 0.129 e. The van der Waals surface area contributed by atoms with Crippen LogP contribution in [0.3, 0.4) is 0 Å². The molecule has 0 radical (unpaired) electrons. The Morgan fingerprint density at radius 3 is 2.25 bits per heavy atom. The van der Waals surface area contributed by atoms with Gasteiger partial charge in [0.05, 0.1) is 0 Å². The van der Waals surface area contributed by atoms with E-state index in [1.807, 2.05) is 0 Å². The smallest absolute Gasteiger partial charge is 0.129 e. The van der Waals surface area contributed by atoms with Crippen molar-refractivity contribution < 1.29 is 0 Å². The Morgan fingerprint density at radius 1 is 1.17 bits per heavy atom. The van der Waals surface area contributed by atoms with Gasteiger partial charge in [-0.25, -0.2) is 0 Å². The maximum absolute atomic E-state index is 3.48. The summed E-state index contributed by atoms with van der Waals surface area (Å²) in [6.45, 7) is 9.30. The van der Waals surface area contributed by atoms with E-state index in [1.165, 1.54) is 19.3 Å². The first kappa shape index (κ1) is 9.86. The van der Waals surface area contributed by atoms with Crippen molar-refractivity contribution in [3.8, 4) is 11.5 Å². The summed E-state index contributed by atoms with van der Waals surface area (Å²) >= 11 is 0. The molecule has 1 aliphatic rings. The van der Waals surface area contributed by atoms with E-state index in [0.29, 0.717) is 0 Å². The summed E-state index contributed by atoms with van der Waals surface area (Å²) in [6.07, 6.45) is 4.13. The van der Waals surface area contributed by atoms with Crippen LogP contribution >= 0.6 is 0 Å². The van der Waals surface area contributed by atoms with Crippen LogP contribution in [0.4, 0.5) is 0 Å².